The maximum absolute atomic E-state index is 10.8. The molecule has 1 aromatic carbocycles. The van der Waals surface area contributed by atoms with Gasteiger partial charge in [0, 0.05) is 24.2 Å². The van der Waals surface area contributed by atoms with Crippen LogP contribution in [0.5, 0.6) is 0 Å². The Morgan fingerprint density at radius 2 is 2.32 bits per heavy atom. The zero-order valence-corrected chi connectivity index (χ0v) is 13.5. The van der Waals surface area contributed by atoms with Gasteiger partial charge in [-0.05, 0) is 31.0 Å². The lowest BCUT2D eigenvalue weighted by molar-refractivity contribution is -0.384. The van der Waals surface area contributed by atoms with Crippen LogP contribution in [0, 0.1) is 10.1 Å². The molecule has 0 saturated carbocycles. The summed E-state index contributed by atoms with van der Waals surface area (Å²) < 4.78 is 0. The van der Waals surface area contributed by atoms with Crippen LogP contribution in [0.2, 0.25) is 5.02 Å². The molecule has 0 aliphatic carbocycles. The number of likely N-dealkylation sites (tertiary alicyclic amines) is 1. The summed E-state index contributed by atoms with van der Waals surface area (Å²) in [6.45, 7) is 1.75. The van der Waals surface area contributed by atoms with E-state index < -0.39 is 4.92 Å². The number of halogens is 1. The molecule has 0 unspecified atom stereocenters. The summed E-state index contributed by atoms with van der Waals surface area (Å²) in [7, 11) is 0. The standard InChI is InChI=1S/C15H16ClN3O2S/c16-12-9-11(4-5-13(12)19(20)21)10-18-7-2-1-3-14(18)15-17-6-8-22-15/h4-6,8-9,14H,1-3,7,10H2/t14-/m1/s1. The van der Waals surface area contributed by atoms with E-state index in [1.165, 1.54) is 18.9 Å². The smallest absolute Gasteiger partial charge is 0.287 e. The summed E-state index contributed by atoms with van der Waals surface area (Å²) in [6, 6.07) is 5.31. The van der Waals surface area contributed by atoms with E-state index in [4.69, 9.17) is 11.6 Å². The van der Waals surface area contributed by atoms with Crippen molar-refractivity contribution in [1.29, 1.82) is 0 Å². The minimum absolute atomic E-state index is 0.0412. The molecule has 3 rings (SSSR count). The maximum atomic E-state index is 10.8. The van der Waals surface area contributed by atoms with E-state index in [2.05, 4.69) is 9.88 Å². The van der Waals surface area contributed by atoms with Crippen molar-refractivity contribution in [3.63, 3.8) is 0 Å². The van der Waals surface area contributed by atoms with Crippen LogP contribution in [0.15, 0.2) is 29.8 Å². The van der Waals surface area contributed by atoms with Crippen molar-refractivity contribution in [2.75, 3.05) is 6.54 Å². The van der Waals surface area contributed by atoms with Gasteiger partial charge in [-0.25, -0.2) is 4.98 Å². The summed E-state index contributed by atoms with van der Waals surface area (Å²) in [5.74, 6) is 0. The van der Waals surface area contributed by atoms with Crippen molar-refractivity contribution in [3.05, 3.63) is 55.5 Å². The Balaban J connectivity index is 1.78. The second-order valence-electron chi connectivity index (χ2n) is 5.40. The Morgan fingerprint density at radius 3 is 3.00 bits per heavy atom. The van der Waals surface area contributed by atoms with E-state index in [1.54, 1.807) is 23.5 Å². The van der Waals surface area contributed by atoms with Gasteiger partial charge in [-0.2, -0.15) is 0 Å². The van der Waals surface area contributed by atoms with Gasteiger partial charge in [0.15, 0.2) is 0 Å². The van der Waals surface area contributed by atoms with Crippen LogP contribution in [-0.4, -0.2) is 21.4 Å². The van der Waals surface area contributed by atoms with E-state index in [-0.39, 0.29) is 10.7 Å². The molecule has 22 heavy (non-hydrogen) atoms. The van der Waals surface area contributed by atoms with Gasteiger partial charge in [-0.3, -0.25) is 15.0 Å². The number of aromatic nitrogens is 1. The molecule has 1 aromatic heterocycles. The predicted molar refractivity (Wildman–Crippen MR) is 87.2 cm³/mol. The quantitative estimate of drug-likeness (QED) is 0.611. The van der Waals surface area contributed by atoms with Gasteiger partial charge in [0.25, 0.3) is 5.69 Å². The van der Waals surface area contributed by atoms with E-state index in [0.29, 0.717) is 6.04 Å². The van der Waals surface area contributed by atoms with Gasteiger partial charge in [-0.15, -0.1) is 11.3 Å². The first kappa shape index (κ1) is 15.4. The van der Waals surface area contributed by atoms with E-state index in [0.717, 1.165) is 30.1 Å². The first-order chi connectivity index (χ1) is 10.6. The van der Waals surface area contributed by atoms with Crippen LogP contribution in [0.4, 0.5) is 5.69 Å². The second-order valence-corrected chi connectivity index (χ2v) is 6.73. The third kappa shape index (κ3) is 3.29. The van der Waals surface area contributed by atoms with Crippen LogP contribution < -0.4 is 0 Å². The number of nitro groups is 1. The van der Waals surface area contributed by atoms with Gasteiger partial charge in [0.1, 0.15) is 10.0 Å². The molecular formula is C15H16ClN3O2S. The molecule has 0 spiro atoms. The largest absolute Gasteiger partial charge is 0.290 e. The second kappa shape index (κ2) is 6.73. The molecule has 7 heteroatoms. The van der Waals surface area contributed by atoms with E-state index >= 15 is 0 Å². The Labute approximate surface area is 137 Å². The van der Waals surface area contributed by atoms with Crippen molar-refractivity contribution in [1.82, 2.24) is 9.88 Å². The summed E-state index contributed by atoms with van der Waals surface area (Å²) in [5.41, 5.74) is 0.958. The number of thiazole rings is 1. The number of nitrogens with zero attached hydrogens (tertiary/aromatic N) is 3. The van der Waals surface area contributed by atoms with Crippen LogP contribution >= 0.6 is 22.9 Å². The van der Waals surface area contributed by atoms with Crippen molar-refractivity contribution in [3.8, 4) is 0 Å². The molecule has 1 atom stereocenters. The zero-order chi connectivity index (χ0) is 15.5. The fraction of sp³-hybridized carbons (Fsp3) is 0.400. The first-order valence-corrected chi connectivity index (χ1v) is 8.47. The number of benzene rings is 1. The van der Waals surface area contributed by atoms with Crippen LogP contribution in [0.1, 0.15) is 35.9 Å². The highest BCUT2D eigenvalue weighted by atomic mass is 35.5. The molecule has 1 aliphatic heterocycles. The molecular weight excluding hydrogens is 322 g/mol. The van der Waals surface area contributed by atoms with Crippen molar-refractivity contribution < 1.29 is 4.92 Å². The lowest BCUT2D eigenvalue weighted by atomic mass is 10.0. The Kier molecular flexibility index (Phi) is 4.71. The average Bonchev–Trinajstić information content (AvgIpc) is 3.01. The molecule has 5 nitrogen and oxygen atoms in total. The number of hydrogen-bond donors (Lipinski definition) is 0. The number of nitro benzene ring substituents is 1. The molecule has 0 N–H and O–H groups in total. The minimum Gasteiger partial charge on any atom is -0.290 e. The summed E-state index contributed by atoms with van der Waals surface area (Å²) in [5, 5.41) is 14.2. The molecule has 1 fully saturated rings. The van der Waals surface area contributed by atoms with E-state index in [9.17, 15) is 10.1 Å². The Morgan fingerprint density at radius 1 is 1.45 bits per heavy atom. The lowest BCUT2D eigenvalue weighted by Gasteiger charge is -2.34. The molecule has 0 amide bonds. The topological polar surface area (TPSA) is 59.3 Å². The highest BCUT2D eigenvalue weighted by molar-refractivity contribution is 7.09. The highest BCUT2D eigenvalue weighted by Gasteiger charge is 2.26. The van der Waals surface area contributed by atoms with Gasteiger partial charge >= 0.3 is 0 Å². The average molecular weight is 338 g/mol. The van der Waals surface area contributed by atoms with Gasteiger partial charge < -0.3 is 0 Å². The van der Waals surface area contributed by atoms with Gasteiger partial charge in [0.05, 0.1) is 11.0 Å². The zero-order valence-electron chi connectivity index (χ0n) is 11.9. The third-order valence-electron chi connectivity index (χ3n) is 3.94. The summed E-state index contributed by atoms with van der Waals surface area (Å²) in [6.07, 6.45) is 5.33. The molecule has 1 saturated heterocycles. The predicted octanol–water partition coefficient (Wildman–Crippen LogP) is 4.43. The molecule has 116 valence electrons. The minimum atomic E-state index is -0.453. The molecule has 2 heterocycles. The third-order valence-corrected chi connectivity index (χ3v) is 5.12. The summed E-state index contributed by atoms with van der Waals surface area (Å²) in [4.78, 5) is 17.2. The van der Waals surface area contributed by atoms with Gasteiger partial charge in [-0.1, -0.05) is 24.1 Å². The normalized spacial score (nSPS) is 19.2. The van der Waals surface area contributed by atoms with Crippen molar-refractivity contribution >= 4 is 28.6 Å². The number of piperidine rings is 1. The fourth-order valence-electron chi connectivity index (χ4n) is 2.89. The molecule has 2 aromatic rings. The lowest BCUT2D eigenvalue weighted by Crippen LogP contribution is -2.32. The van der Waals surface area contributed by atoms with Crippen LogP contribution in [-0.2, 0) is 6.54 Å². The maximum Gasteiger partial charge on any atom is 0.287 e. The SMILES string of the molecule is O=[N+]([O-])c1ccc(CN2CCCC[C@@H]2c2nccs2)cc1Cl. The number of rotatable bonds is 4. The number of hydrogen-bond acceptors (Lipinski definition) is 5. The van der Waals surface area contributed by atoms with Crippen LogP contribution in [0.3, 0.4) is 0 Å². The van der Waals surface area contributed by atoms with Crippen molar-refractivity contribution in [2.45, 2.75) is 31.8 Å². The fourth-order valence-corrected chi connectivity index (χ4v) is 3.97. The first-order valence-electron chi connectivity index (χ1n) is 7.21. The summed E-state index contributed by atoms with van der Waals surface area (Å²) >= 11 is 7.69. The van der Waals surface area contributed by atoms with Gasteiger partial charge in [0.2, 0.25) is 0 Å². The molecule has 0 radical (unpaired) electrons. The van der Waals surface area contributed by atoms with E-state index in [1.807, 2.05) is 11.6 Å². The van der Waals surface area contributed by atoms with Crippen LogP contribution in [0.25, 0.3) is 0 Å². The monoisotopic (exact) mass is 337 g/mol. The highest BCUT2D eigenvalue weighted by Crippen LogP contribution is 2.34. The molecule has 0 bridgehead atoms. The Hall–Kier alpha value is -1.50. The van der Waals surface area contributed by atoms with Crippen molar-refractivity contribution in [2.24, 2.45) is 0 Å². The Bertz CT molecular complexity index is 663. The molecule has 1 aliphatic rings.